The van der Waals surface area contributed by atoms with Gasteiger partial charge in [0.2, 0.25) is 5.91 Å². The van der Waals surface area contributed by atoms with Crippen molar-refractivity contribution in [3.8, 4) is 0 Å². The summed E-state index contributed by atoms with van der Waals surface area (Å²) in [6.07, 6.45) is 5.96. The molecule has 0 aromatic carbocycles. The van der Waals surface area contributed by atoms with Crippen LogP contribution in [-0.2, 0) is 4.79 Å². The maximum Gasteiger partial charge on any atom is 0.239 e. The number of aliphatic hydroxyl groups is 1. The van der Waals surface area contributed by atoms with Gasteiger partial charge in [0.15, 0.2) is 0 Å². The van der Waals surface area contributed by atoms with Gasteiger partial charge in [0.1, 0.15) is 0 Å². The van der Waals surface area contributed by atoms with Crippen molar-refractivity contribution in [2.24, 2.45) is 5.92 Å². The van der Waals surface area contributed by atoms with Crippen molar-refractivity contribution in [2.45, 2.75) is 77.0 Å². The Kier molecular flexibility index (Phi) is 5.08. The second-order valence-corrected chi connectivity index (χ2v) is 7.00. The number of carbonyl (C=O) groups is 1. The second-order valence-electron chi connectivity index (χ2n) is 7.00. The third-order valence-corrected chi connectivity index (χ3v) is 4.93. The molecule has 20 heavy (non-hydrogen) atoms. The van der Waals surface area contributed by atoms with Crippen molar-refractivity contribution in [3.05, 3.63) is 0 Å². The van der Waals surface area contributed by atoms with Crippen LogP contribution in [0.1, 0.15) is 59.3 Å². The first-order chi connectivity index (χ1) is 9.43. The van der Waals surface area contributed by atoms with E-state index in [1.165, 1.54) is 6.42 Å². The first-order valence-corrected chi connectivity index (χ1v) is 8.21. The molecule has 1 heterocycles. The summed E-state index contributed by atoms with van der Waals surface area (Å²) in [5, 5.41) is 14.0. The summed E-state index contributed by atoms with van der Waals surface area (Å²) in [7, 11) is 0. The van der Waals surface area contributed by atoms with Gasteiger partial charge in [-0.1, -0.05) is 27.2 Å². The van der Waals surface area contributed by atoms with Crippen LogP contribution in [0, 0.1) is 5.92 Å². The minimum absolute atomic E-state index is 0.0504. The van der Waals surface area contributed by atoms with E-state index >= 15 is 0 Å². The van der Waals surface area contributed by atoms with E-state index in [4.69, 9.17) is 0 Å². The molecule has 0 spiro atoms. The average molecular weight is 282 g/mol. The number of carbonyl (C=O) groups excluding carboxylic acids is 1. The molecular weight excluding hydrogens is 252 g/mol. The first kappa shape index (κ1) is 15.8. The number of β-amino-alcohol motifs (C(OH)–C–C–N with tert-alkyl or cyclic N) is 1. The van der Waals surface area contributed by atoms with Gasteiger partial charge in [0.05, 0.1) is 11.6 Å². The van der Waals surface area contributed by atoms with Crippen LogP contribution in [0.3, 0.4) is 0 Å². The summed E-state index contributed by atoms with van der Waals surface area (Å²) >= 11 is 0. The molecule has 1 unspecified atom stereocenters. The summed E-state index contributed by atoms with van der Waals surface area (Å²) in [6, 6.07) is 0.276. The molecule has 2 fully saturated rings. The van der Waals surface area contributed by atoms with Crippen LogP contribution in [0.25, 0.3) is 0 Å². The smallest absolute Gasteiger partial charge is 0.239 e. The summed E-state index contributed by atoms with van der Waals surface area (Å²) < 4.78 is 0. The topological polar surface area (TPSA) is 52.6 Å². The Bertz CT molecular complexity index is 335. The summed E-state index contributed by atoms with van der Waals surface area (Å²) in [6.45, 7) is 7.66. The minimum Gasteiger partial charge on any atom is -0.388 e. The highest BCUT2D eigenvalue weighted by Crippen LogP contribution is 2.34. The van der Waals surface area contributed by atoms with Gasteiger partial charge in [-0.25, -0.2) is 0 Å². The van der Waals surface area contributed by atoms with Crippen molar-refractivity contribution in [2.75, 3.05) is 13.1 Å². The molecule has 0 aromatic heterocycles. The van der Waals surface area contributed by atoms with E-state index in [0.717, 1.165) is 44.6 Å². The normalized spacial score (nSPS) is 35.0. The Hall–Kier alpha value is -0.610. The van der Waals surface area contributed by atoms with Crippen molar-refractivity contribution in [3.63, 3.8) is 0 Å². The highest BCUT2D eigenvalue weighted by molar-refractivity contribution is 5.84. The number of rotatable bonds is 5. The van der Waals surface area contributed by atoms with E-state index in [0.29, 0.717) is 12.6 Å². The van der Waals surface area contributed by atoms with Crippen LogP contribution >= 0.6 is 0 Å². The quantitative estimate of drug-likeness (QED) is 0.810. The predicted molar refractivity (Wildman–Crippen MR) is 80.5 cm³/mol. The lowest BCUT2D eigenvalue weighted by Gasteiger charge is -2.38. The lowest BCUT2D eigenvalue weighted by Crippen LogP contribution is -2.48. The maximum atomic E-state index is 12.3. The van der Waals surface area contributed by atoms with E-state index in [1.807, 2.05) is 4.90 Å². The van der Waals surface area contributed by atoms with Gasteiger partial charge in [-0.15, -0.1) is 0 Å². The number of nitrogens with one attached hydrogen (secondary N) is 1. The highest BCUT2D eigenvalue weighted by Gasteiger charge is 2.39. The average Bonchev–Trinajstić information content (AvgIpc) is 2.71. The van der Waals surface area contributed by atoms with Crippen LogP contribution in [0.15, 0.2) is 0 Å². The van der Waals surface area contributed by atoms with E-state index in [1.54, 1.807) is 0 Å². The molecule has 1 saturated carbocycles. The summed E-state index contributed by atoms with van der Waals surface area (Å²) in [5.74, 6) is 0.935. The van der Waals surface area contributed by atoms with Crippen LogP contribution in [-0.4, -0.2) is 46.7 Å². The molecule has 2 N–H and O–H groups in total. The van der Waals surface area contributed by atoms with Gasteiger partial charge in [-0.05, 0) is 38.0 Å². The monoisotopic (exact) mass is 282 g/mol. The Balaban J connectivity index is 1.86. The zero-order chi connectivity index (χ0) is 14.8. The van der Waals surface area contributed by atoms with Crippen molar-refractivity contribution < 1.29 is 9.90 Å². The molecule has 116 valence electrons. The molecule has 4 nitrogen and oxygen atoms in total. The standard InChI is InChI=1S/C16H30N2O2/c1-4-13-5-8-16(20,9-6-13)11-18-10-7-14(15(18)19)17-12(2)3/h12-14,17,20H,4-11H2,1-3H3. The van der Waals surface area contributed by atoms with Gasteiger partial charge in [-0.2, -0.15) is 0 Å². The predicted octanol–water partition coefficient (Wildman–Crippen LogP) is 1.92. The van der Waals surface area contributed by atoms with Crippen molar-refractivity contribution in [1.29, 1.82) is 0 Å². The Morgan fingerprint density at radius 1 is 1.35 bits per heavy atom. The second kappa shape index (κ2) is 6.44. The van der Waals surface area contributed by atoms with Crippen LogP contribution in [0.5, 0.6) is 0 Å². The van der Waals surface area contributed by atoms with E-state index in [9.17, 15) is 9.90 Å². The fourth-order valence-electron chi connectivity index (χ4n) is 3.59. The Labute approximate surface area is 122 Å². The number of nitrogens with zero attached hydrogens (tertiary/aromatic N) is 1. The Morgan fingerprint density at radius 3 is 2.55 bits per heavy atom. The van der Waals surface area contributed by atoms with Crippen LogP contribution in [0.4, 0.5) is 0 Å². The third kappa shape index (κ3) is 3.73. The van der Waals surface area contributed by atoms with Gasteiger partial charge in [0.25, 0.3) is 0 Å². The van der Waals surface area contributed by atoms with Crippen molar-refractivity contribution in [1.82, 2.24) is 10.2 Å². The third-order valence-electron chi connectivity index (χ3n) is 4.93. The molecule has 1 aliphatic heterocycles. The maximum absolute atomic E-state index is 12.3. The van der Waals surface area contributed by atoms with E-state index < -0.39 is 5.60 Å². The van der Waals surface area contributed by atoms with Gasteiger partial charge in [0, 0.05) is 19.1 Å². The largest absolute Gasteiger partial charge is 0.388 e. The zero-order valence-electron chi connectivity index (χ0n) is 13.2. The van der Waals surface area contributed by atoms with Crippen molar-refractivity contribution >= 4 is 5.91 Å². The minimum atomic E-state index is -0.645. The Morgan fingerprint density at radius 2 is 2.00 bits per heavy atom. The highest BCUT2D eigenvalue weighted by atomic mass is 16.3. The van der Waals surface area contributed by atoms with Crippen LogP contribution < -0.4 is 5.32 Å². The molecule has 1 atom stereocenters. The molecule has 1 amide bonds. The zero-order valence-corrected chi connectivity index (χ0v) is 13.2. The fourth-order valence-corrected chi connectivity index (χ4v) is 3.59. The fraction of sp³-hybridized carbons (Fsp3) is 0.938. The molecule has 4 heteroatoms. The molecule has 2 aliphatic rings. The molecule has 1 saturated heterocycles. The molecule has 0 aromatic rings. The molecule has 0 bridgehead atoms. The van der Waals surface area contributed by atoms with Crippen LogP contribution in [0.2, 0.25) is 0 Å². The molecule has 1 aliphatic carbocycles. The summed E-state index contributed by atoms with van der Waals surface area (Å²) in [4.78, 5) is 14.2. The number of hydrogen-bond acceptors (Lipinski definition) is 3. The lowest BCUT2D eigenvalue weighted by molar-refractivity contribution is -0.134. The molecule has 2 rings (SSSR count). The molecule has 0 radical (unpaired) electrons. The first-order valence-electron chi connectivity index (χ1n) is 8.21. The number of amides is 1. The molecular formula is C16H30N2O2. The van der Waals surface area contributed by atoms with E-state index in [2.05, 4.69) is 26.1 Å². The van der Waals surface area contributed by atoms with Gasteiger partial charge >= 0.3 is 0 Å². The van der Waals surface area contributed by atoms with Gasteiger partial charge < -0.3 is 15.3 Å². The van der Waals surface area contributed by atoms with E-state index in [-0.39, 0.29) is 11.9 Å². The SMILES string of the molecule is CCC1CCC(O)(CN2CCC(NC(C)C)C2=O)CC1. The lowest BCUT2D eigenvalue weighted by atomic mass is 9.77. The number of likely N-dealkylation sites (tertiary alicyclic amines) is 1. The summed E-state index contributed by atoms with van der Waals surface area (Å²) in [5.41, 5.74) is -0.645. The van der Waals surface area contributed by atoms with Gasteiger partial charge in [-0.3, -0.25) is 4.79 Å². The number of hydrogen-bond donors (Lipinski definition) is 2.